The van der Waals surface area contributed by atoms with Gasteiger partial charge in [0.1, 0.15) is 0 Å². The van der Waals surface area contributed by atoms with E-state index in [1.54, 1.807) is 0 Å². The lowest BCUT2D eigenvalue weighted by atomic mass is 10.0. The van der Waals surface area contributed by atoms with Crippen molar-refractivity contribution in [2.24, 2.45) is 5.92 Å². The van der Waals surface area contributed by atoms with Crippen LogP contribution >= 0.6 is 12.2 Å². The number of hydrogen-bond acceptors (Lipinski definition) is 3. The molecule has 1 aliphatic carbocycles. The second kappa shape index (κ2) is 6.79. The number of ether oxygens (including phenoxy) is 1. The van der Waals surface area contributed by atoms with Gasteiger partial charge in [-0.3, -0.25) is 4.79 Å². The molecule has 0 spiro atoms. The Morgan fingerprint density at radius 3 is 2.76 bits per heavy atom. The second-order valence-electron chi connectivity index (χ2n) is 4.67. The normalized spacial score (nSPS) is 23.5. The van der Waals surface area contributed by atoms with Gasteiger partial charge in [0.25, 0.3) is 0 Å². The molecule has 0 radical (unpaired) electrons. The van der Waals surface area contributed by atoms with E-state index in [1.165, 1.54) is 0 Å². The molecule has 1 rings (SSSR count). The lowest BCUT2D eigenvalue weighted by Crippen LogP contribution is -2.47. The lowest BCUT2D eigenvalue weighted by Gasteiger charge is -2.22. The van der Waals surface area contributed by atoms with Crippen LogP contribution in [-0.4, -0.2) is 29.8 Å². The van der Waals surface area contributed by atoms with Crippen LogP contribution in [0.3, 0.4) is 0 Å². The van der Waals surface area contributed by atoms with Gasteiger partial charge >= 0.3 is 5.97 Å². The summed E-state index contributed by atoms with van der Waals surface area (Å²) in [5.74, 6) is -0.156. The number of carbonyl (C=O) groups is 1. The Hall–Kier alpha value is -0.840. The summed E-state index contributed by atoms with van der Waals surface area (Å²) in [6.07, 6.45) is 2.91. The van der Waals surface area contributed by atoms with Crippen molar-refractivity contribution in [3.05, 3.63) is 0 Å². The quantitative estimate of drug-likeness (QED) is 0.592. The summed E-state index contributed by atoms with van der Waals surface area (Å²) in [4.78, 5) is 11.7. The number of esters is 1. The summed E-state index contributed by atoms with van der Waals surface area (Å²) in [5, 5.41) is 6.97. The monoisotopic (exact) mass is 258 g/mol. The van der Waals surface area contributed by atoms with Crippen LogP contribution in [0.25, 0.3) is 0 Å². The van der Waals surface area contributed by atoms with Gasteiger partial charge in [-0.1, -0.05) is 6.42 Å². The molecule has 98 valence electrons. The van der Waals surface area contributed by atoms with E-state index in [-0.39, 0.29) is 17.9 Å². The van der Waals surface area contributed by atoms with E-state index in [2.05, 4.69) is 10.6 Å². The van der Waals surface area contributed by atoms with Crippen molar-refractivity contribution >= 4 is 23.3 Å². The summed E-state index contributed by atoms with van der Waals surface area (Å²) < 4.78 is 5.08. The molecule has 5 heteroatoms. The van der Waals surface area contributed by atoms with Gasteiger partial charge in [0.15, 0.2) is 5.11 Å². The minimum atomic E-state index is -0.102. The van der Waals surface area contributed by atoms with Gasteiger partial charge in [-0.2, -0.15) is 0 Å². The van der Waals surface area contributed by atoms with Crippen LogP contribution in [-0.2, 0) is 9.53 Å². The highest BCUT2D eigenvalue weighted by atomic mass is 32.1. The first-order valence-electron chi connectivity index (χ1n) is 6.28. The molecule has 0 amide bonds. The second-order valence-corrected chi connectivity index (χ2v) is 5.08. The highest BCUT2D eigenvalue weighted by molar-refractivity contribution is 7.80. The number of rotatable bonds is 4. The van der Waals surface area contributed by atoms with Gasteiger partial charge < -0.3 is 15.4 Å². The first-order valence-corrected chi connectivity index (χ1v) is 6.69. The van der Waals surface area contributed by atoms with Gasteiger partial charge in [-0.25, -0.2) is 0 Å². The van der Waals surface area contributed by atoms with Crippen molar-refractivity contribution in [1.29, 1.82) is 0 Å². The van der Waals surface area contributed by atoms with Crippen molar-refractivity contribution < 1.29 is 9.53 Å². The fraction of sp³-hybridized carbons (Fsp3) is 0.833. The van der Waals surface area contributed by atoms with Gasteiger partial charge in [0, 0.05) is 12.1 Å². The lowest BCUT2D eigenvalue weighted by molar-refractivity contribution is -0.148. The van der Waals surface area contributed by atoms with Crippen LogP contribution in [0.5, 0.6) is 0 Å². The summed E-state index contributed by atoms with van der Waals surface area (Å²) in [5.41, 5.74) is 0. The van der Waals surface area contributed by atoms with Crippen LogP contribution in [0.2, 0.25) is 0 Å². The standard InChI is InChI=1S/C12H22N2O2S/c1-4-16-11(15)9-6-5-7-10(9)14-12(17)13-8(2)3/h8-10H,4-7H2,1-3H3,(H2,13,14,17)/t9-,10+/m1/s1. The van der Waals surface area contributed by atoms with E-state index < -0.39 is 0 Å². The summed E-state index contributed by atoms with van der Waals surface area (Å²) in [6.45, 7) is 6.34. The molecular formula is C12H22N2O2S. The first-order chi connectivity index (χ1) is 8.04. The van der Waals surface area contributed by atoms with E-state index in [0.717, 1.165) is 19.3 Å². The van der Waals surface area contributed by atoms with E-state index in [9.17, 15) is 4.79 Å². The molecule has 0 aromatic heterocycles. The van der Waals surface area contributed by atoms with Crippen molar-refractivity contribution in [3.63, 3.8) is 0 Å². The Morgan fingerprint density at radius 2 is 2.18 bits per heavy atom. The molecule has 0 heterocycles. The van der Waals surface area contributed by atoms with Gasteiger partial charge in [-0.15, -0.1) is 0 Å². The molecule has 4 nitrogen and oxygen atoms in total. The van der Waals surface area contributed by atoms with Gasteiger partial charge in [0.05, 0.1) is 12.5 Å². The molecule has 2 atom stereocenters. The van der Waals surface area contributed by atoms with Crippen LogP contribution in [0.1, 0.15) is 40.0 Å². The van der Waals surface area contributed by atoms with E-state index in [0.29, 0.717) is 17.8 Å². The highest BCUT2D eigenvalue weighted by Crippen LogP contribution is 2.26. The van der Waals surface area contributed by atoms with Gasteiger partial charge in [0.2, 0.25) is 0 Å². The summed E-state index contributed by atoms with van der Waals surface area (Å²) in [7, 11) is 0. The SMILES string of the molecule is CCOC(=O)[C@@H]1CCC[C@@H]1NC(=S)NC(C)C. The molecule has 1 saturated carbocycles. The Morgan fingerprint density at radius 1 is 1.47 bits per heavy atom. The van der Waals surface area contributed by atoms with Crippen LogP contribution in [0.4, 0.5) is 0 Å². The highest BCUT2D eigenvalue weighted by Gasteiger charge is 2.34. The average molecular weight is 258 g/mol. The Labute approximate surface area is 108 Å². The first kappa shape index (κ1) is 14.2. The number of hydrogen-bond donors (Lipinski definition) is 2. The summed E-state index contributed by atoms with van der Waals surface area (Å²) in [6, 6.07) is 0.422. The minimum absolute atomic E-state index is 0.0538. The van der Waals surface area contributed by atoms with Crippen molar-refractivity contribution in [1.82, 2.24) is 10.6 Å². The van der Waals surface area contributed by atoms with Crippen LogP contribution < -0.4 is 10.6 Å². The molecule has 1 aliphatic rings. The molecule has 1 fully saturated rings. The molecule has 2 N–H and O–H groups in total. The zero-order valence-corrected chi connectivity index (χ0v) is 11.6. The Balaban J connectivity index is 2.46. The molecule has 0 aromatic rings. The molecule has 17 heavy (non-hydrogen) atoms. The Kier molecular flexibility index (Phi) is 5.68. The van der Waals surface area contributed by atoms with Gasteiger partial charge in [-0.05, 0) is 45.8 Å². The third kappa shape index (κ3) is 4.50. The molecule has 0 aliphatic heterocycles. The average Bonchev–Trinajstić information content (AvgIpc) is 2.64. The maximum atomic E-state index is 11.7. The van der Waals surface area contributed by atoms with Crippen molar-refractivity contribution in [3.8, 4) is 0 Å². The van der Waals surface area contributed by atoms with E-state index in [1.807, 2.05) is 20.8 Å². The fourth-order valence-corrected chi connectivity index (χ4v) is 2.52. The number of carbonyl (C=O) groups excluding carboxylic acids is 1. The topological polar surface area (TPSA) is 50.4 Å². The minimum Gasteiger partial charge on any atom is -0.466 e. The van der Waals surface area contributed by atoms with Crippen molar-refractivity contribution in [2.45, 2.75) is 52.1 Å². The number of nitrogens with one attached hydrogen (secondary N) is 2. The molecular weight excluding hydrogens is 236 g/mol. The smallest absolute Gasteiger partial charge is 0.311 e. The molecule has 0 unspecified atom stereocenters. The maximum Gasteiger partial charge on any atom is 0.311 e. The van der Waals surface area contributed by atoms with Crippen LogP contribution in [0.15, 0.2) is 0 Å². The Bertz CT molecular complexity index is 282. The predicted octanol–water partition coefficient (Wildman–Crippen LogP) is 1.59. The zero-order chi connectivity index (χ0) is 12.8. The molecule has 0 saturated heterocycles. The summed E-state index contributed by atoms with van der Waals surface area (Å²) >= 11 is 5.20. The zero-order valence-electron chi connectivity index (χ0n) is 10.8. The maximum absolute atomic E-state index is 11.7. The van der Waals surface area contributed by atoms with E-state index in [4.69, 9.17) is 17.0 Å². The molecule has 0 bridgehead atoms. The van der Waals surface area contributed by atoms with Crippen molar-refractivity contribution in [2.75, 3.05) is 6.61 Å². The molecule has 0 aromatic carbocycles. The number of thiocarbonyl (C=S) groups is 1. The third-order valence-electron chi connectivity index (χ3n) is 2.84. The fourth-order valence-electron chi connectivity index (χ4n) is 2.14. The van der Waals surface area contributed by atoms with Crippen LogP contribution in [0, 0.1) is 5.92 Å². The predicted molar refractivity (Wildman–Crippen MR) is 71.8 cm³/mol. The third-order valence-corrected chi connectivity index (χ3v) is 3.08. The van der Waals surface area contributed by atoms with E-state index >= 15 is 0 Å². The largest absolute Gasteiger partial charge is 0.466 e.